The average molecular weight is 403 g/mol. The van der Waals surface area contributed by atoms with Crippen molar-refractivity contribution < 1.29 is 13.3 Å². The summed E-state index contributed by atoms with van der Waals surface area (Å²) in [6.07, 6.45) is 22.5. The summed E-state index contributed by atoms with van der Waals surface area (Å²) in [5.41, 5.74) is 0. The molecule has 0 aliphatic rings. The van der Waals surface area contributed by atoms with Gasteiger partial charge in [0.05, 0.1) is 0 Å². The second-order valence-corrected chi connectivity index (χ2v) is 11.2. The van der Waals surface area contributed by atoms with E-state index in [1.54, 1.807) is 14.2 Å². The molecule has 0 rings (SSSR count). The molecule has 0 heterocycles. The molecule has 4 heteroatoms. The van der Waals surface area contributed by atoms with Crippen LogP contribution < -0.4 is 0 Å². The normalized spacial score (nSPS) is 12.2. The third-order valence-electron chi connectivity index (χ3n) is 5.37. The van der Waals surface area contributed by atoms with Crippen LogP contribution in [0.1, 0.15) is 124 Å². The third kappa shape index (κ3) is 16.7. The zero-order valence-electron chi connectivity index (χ0n) is 19.3. The standard InChI is InChI=1S/C23H50O3Si/c1-6-7-8-9-10-11-12-13-14-15-16-17-18-19-20-21-22-27(24-4,25-5)26-23(2)3/h23H,6-22H2,1-5H3. The van der Waals surface area contributed by atoms with E-state index in [2.05, 4.69) is 6.92 Å². The van der Waals surface area contributed by atoms with Gasteiger partial charge >= 0.3 is 8.80 Å². The Balaban J connectivity index is 3.37. The molecule has 0 saturated carbocycles. The molecule has 0 spiro atoms. The Morgan fingerprint density at radius 3 is 1.19 bits per heavy atom. The first kappa shape index (κ1) is 27.1. The number of rotatable bonds is 21. The van der Waals surface area contributed by atoms with Crippen molar-refractivity contribution in [3.05, 3.63) is 0 Å². The largest absolute Gasteiger partial charge is 0.500 e. The fourth-order valence-corrected chi connectivity index (χ4v) is 5.98. The van der Waals surface area contributed by atoms with Crippen molar-refractivity contribution in [1.29, 1.82) is 0 Å². The average Bonchev–Trinajstić information content (AvgIpc) is 2.66. The van der Waals surface area contributed by atoms with E-state index in [0.717, 1.165) is 12.5 Å². The topological polar surface area (TPSA) is 27.7 Å². The van der Waals surface area contributed by atoms with Gasteiger partial charge in [0, 0.05) is 26.4 Å². The van der Waals surface area contributed by atoms with Crippen LogP contribution in [-0.4, -0.2) is 29.1 Å². The molecule has 0 aromatic heterocycles. The molecular formula is C23H50O3Si. The highest BCUT2D eigenvalue weighted by molar-refractivity contribution is 6.60. The van der Waals surface area contributed by atoms with Crippen molar-refractivity contribution in [3.8, 4) is 0 Å². The van der Waals surface area contributed by atoms with Crippen LogP contribution in [0.25, 0.3) is 0 Å². The van der Waals surface area contributed by atoms with E-state index in [4.69, 9.17) is 13.3 Å². The maximum absolute atomic E-state index is 5.95. The molecule has 0 N–H and O–H groups in total. The van der Waals surface area contributed by atoms with E-state index in [1.807, 2.05) is 13.8 Å². The van der Waals surface area contributed by atoms with E-state index in [-0.39, 0.29) is 6.10 Å². The molecule has 0 aliphatic heterocycles. The summed E-state index contributed by atoms with van der Waals surface area (Å²) in [6, 6.07) is 0.941. The van der Waals surface area contributed by atoms with Gasteiger partial charge in [-0.3, -0.25) is 0 Å². The predicted molar refractivity (Wildman–Crippen MR) is 120 cm³/mol. The summed E-state index contributed by atoms with van der Waals surface area (Å²) < 4.78 is 17.2. The van der Waals surface area contributed by atoms with Gasteiger partial charge in [-0.05, 0) is 20.3 Å². The lowest BCUT2D eigenvalue weighted by Gasteiger charge is -2.28. The van der Waals surface area contributed by atoms with Crippen LogP contribution >= 0.6 is 0 Å². The van der Waals surface area contributed by atoms with Crippen molar-refractivity contribution >= 4 is 8.80 Å². The van der Waals surface area contributed by atoms with Crippen molar-refractivity contribution in [2.45, 2.75) is 136 Å². The van der Waals surface area contributed by atoms with Crippen LogP contribution in [-0.2, 0) is 13.3 Å². The van der Waals surface area contributed by atoms with E-state index in [1.165, 1.54) is 96.3 Å². The van der Waals surface area contributed by atoms with Crippen molar-refractivity contribution in [2.24, 2.45) is 0 Å². The highest BCUT2D eigenvalue weighted by Gasteiger charge is 2.39. The zero-order valence-corrected chi connectivity index (χ0v) is 20.3. The summed E-state index contributed by atoms with van der Waals surface area (Å²) in [7, 11) is 1.04. The fourth-order valence-electron chi connectivity index (χ4n) is 3.69. The molecule has 0 atom stereocenters. The minimum Gasteiger partial charge on any atom is -0.377 e. The van der Waals surface area contributed by atoms with Gasteiger partial charge in [0.25, 0.3) is 0 Å². The second-order valence-electron chi connectivity index (χ2n) is 8.31. The van der Waals surface area contributed by atoms with E-state index in [9.17, 15) is 0 Å². The van der Waals surface area contributed by atoms with Crippen LogP contribution in [0.15, 0.2) is 0 Å². The molecule has 0 fully saturated rings. The summed E-state index contributed by atoms with van der Waals surface area (Å²) in [5, 5.41) is 0. The molecule has 0 unspecified atom stereocenters. The molecule has 0 aromatic carbocycles. The van der Waals surface area contributed by atoms with Crippen molar-refractivity contribution in [2.75, 3.05) is 14.2 Å². The summed E-state index contributed by atoms with van der Waals surface area (Å²) in [4.78, 5) is 0. The Labute approximate surface area is 172 Å². The van der Waals surface area contributed by atoms with Crippen LogP contribution in [0, 0.1) is 0 Å². The van der Waals surface area contributed by atoms with Crippen molar-refractivity contribution in [1.82, 2.24) is 0 Å². The number of unbranched alkanes of at least 4 members (excludes halogenated alkanes) is 15. The maximum atomic E-state index is 5.95. The van der Waals surface area contributed by atoms with Crippen LogP contribution in [0.5, 0.6) is 0 Å². The Morgan fingerprint density at radius 2 is 0.889 bits per heavy atom. The molecule has 0 aliphatic carbocycles. The third-order valence-corrected chi connectivity index (χ3v) is 8.41. The molecule has 0 amide bonds. The maximum Gasteiger partial charge on any atom is 0.500 e. The van der Waals surface area contributed by atoms with Gasteiger partial charge in [-0.15, -0.1) is 0 Å². The fraction of sp³-hybridized carbons (Fsp3) is 1.00. The minimum absolute atomic E-state index is 0.164. The number of hydrogen-bond acceptors (Lipinski definition) is 3. The Kier molecular flexibility index (Phi) is 19.5. The first-order valence-corrected chi connectivity index (χ1v) is 13.8. The summed E-state index contributed by atoms with van der Waals surface area (Å²) >= 11 is 0. The summed E-state index contributed by atoms with van der Waals surface area (Å²) in [5.74, 6) is 0. The molecule has 0 aromatic rings. The van der Waals surface area contributed by atoms with Gasteiger partial charge in [0.2, 0.25) is 0 Å². The molecule has 0 radical (unpaired) electrons. The molecule has 0 saturated heterocycles. The molecule has 0 bridgehead atoms. The second kappa shape index (κ2) is 19.4. The molecule has 3 nitrogen and oxygen atoms in total. The molecule has 27 heavy (non-hydrogen) atoms. The molecular weight excluding hydrogens is 352 g/mol. The lowest BCUT2D eigenvalue weighted by atomic mass is 10.0. The van der Waals surface area contributed by atoms with E-state index < -0.39 is 8.80 Å². The first-order chi connectivity index (χ1) is 13.1. The van der Waals surface area contributed by atoms with Gasteiger partial charge in [-0.25, -0.2) is 0 Å². The zero-order chi connectivity index (χ0) is 20.2. The van der Waals surface area contributed by atoms with Crippen molar-refractivity contribution in [3.63, 3.8) is 0 Å². The molecule has 164 valence electrons. The van der Waals surface area contributed by atoms with Gasteiger partial charge in [-0.1, -0.05) is 103 Å². The number of hydrogen-bond donors (Lipinski definition) is 0. The quantitative estimate of drug-likeness (QED) is 0.144. The van der Waals surface area contributed by atoms with Gasteiger partial charge in [-0.2, -0.15) is 0 Å². The van der Waals surface area contributed by atoms with Gasteiger partial charge in [0.1, 0.15) is 0 Å². The highest BCUT2D eigenvalue weighted by Crippen LogP contribution is 2.21. The van der Waals surface area contributed by atoms with Crippen LogP contribution in [0.3, 0.4) is 0 Å². The summed E-state index contributed by atoms with van der Waals surface area (Å²) in [6.45, 7) is 6.39. The van der Waals surface area contributed by atoms with Crippen LogP contribution in [0.2, 0.25) is 6.04 Å². The van der Waals surface area contributed by atoms with E-state index in [0.29, 0.717) is 0 Å². The monoisotopic (exact) mass is 402 g/mol. The Morgan fingerprint density at radius 1 is 0.556 bits per heavy atom. The van der Waals surface area contributed by atoms with Gasteiger partial charge < -0.3 is 13.3 Å². The van der Waals surface area contributed by atoms with Gasteiger partial charge in [0.15, 0.2) is 0 Å². The SMILES string of the molecule is CCCCCCCCCCCCCCCCCC[Si](OC)(OC)OC(C)C. The lowest BCUT2D eigenvalue weighted by Crippen LogP contribution is -2.45. The Bertz CT molecular complexity index is 293. The van der Waals surface area contributed by atoms with E-state index >= 15 is 0 Å². The minimum atomic E-state index is -2.41. The van der Waals surface area contributed by atoms with Crippen LogP contribution in [0.4, 0.5) is 0 Å². The predicted octanol–water partition coefficient (Wildman–Crippen LogP) is 7.90. The highest BCUT2D eigenvalue weighted by atomic mass is 28.4. The smallest absolute Gasteiger partial charge is 0.377 e. The first-order valence-electron chi connectivity index (χ1n) is 11.9. The lowest BCUT2D eigenvalue weighted by molar-refractivity contribution is 0.0693. The Hall–Kier alpha value is 0.0969.